The third-order valence-electron chi connectivity index (χ3n) is 3.87. The zero-order chi connectivity index (χ0) is 14.9. The molecule has 0 atom stereocenters. The topological polar surface area (TPSA) is 24.9 Å². The van der Waals surface area contributed by atoms with Gasteiger partial charge in [-0.3, -0.25) is 4.90 Å². The van der Waals surface area contributed by atoms with E-state index in [1.807, 2.05) is 24.3 Å². The summed E-state index contributed by atoms with van der Waals surface area (Å²) in [4.78, 5) is 4.97. The van der Waals surface area contributed by atoms with Crippen molar-refractivity contribution in [1.82, 2.24) is 9.80 Å². The molecule has 118 valence electrons. The molecule has 0 unspecified atom stereocenters. The largest absolute Gasteiger partial charge is 0.493 e. The zero-order valence-electron chi connectivity index (χ0n) is 13.4. The van der Waals surface area contributed by atoms with E-state index in [2.05, 4.69) is 23.6 Å². The van der Waals surface area contributed by atoms with Gasteiger partial charge in [-0.25, -0.2) is 0 Å². The Balaban J connectivity index is 1.68. The van der Waals surface area contributed by atoms with Crippen molar-refractivity contribution in [3.63, 3.8) is 0 Å². The number of hydrogen-bond donors (Lipinski definition) is 0. The van der Waals surface area contributed by atoms with Crippen LogP contribution >= 0.6 is 0 Å². The molecular weight excluding hydrogens is 264 g/mol. The molecule has 0 amide bonds. The molecule has 1 heterocycles. The Morgan fingerprint density at radius 1 is 0.905 bits per heavy atom. The molecule has 0 saturated carbocycles. The number of piperazine rings is 1. The first kappa shape index (κ1) is 16.1. The molecule has 1 fully saturated rings. The summed E-state index contributed by atoms with van der Waals surface area (Å²) in [5.74, 6) is 1.79. The quantitative estimate of drug-likeness (QED) is 0.735. The van der Waals surface area contributed by atoms with Gasteiger partial charge in [0.1, 0.15) is 18.1 Å². The van der Waals surface area contributed by atoms with Crippen molar-refractivity contribution in [3.05, 3.63) is 24.3 Å². The summed E-state index contributed by atoms with van der Waals surface area (Å²) in [5.41, 5.74) is 0. The maximum absolute atomic E-state index is 5.85. The summed E-state index contributed by atoms with van der Waals surface area (Å²) < 4.78 is 11.5. The normalized spacial score (nSPS) is 16.9. The monoisotopic (exact) mass is 292 g/mol. The van der Waals surface area contributed by atoms with Crippen LogP contribution in [0.5, 0.6) is 11.5 Å². The Labute approximate surface area is 128 Å². The van der Waals surface area contributed by atoms with Crippen LogP contribution in [0.4, 0.5) is 0 Å². The zero-order valence-corrected chi connectivity index (χ0v) is 13.4. The Morgan fingerprint density at radius 3 is 2.14 bits per heavy atom. The van der Waals surface area contributed by atoms with Crippen LogP contribution in [0.25, 0.3) is 0 Å². The van der Waals surface area contributed by atoms with Gasteiger partial charge in [0.25, 0.3) is 0 Å². The molecule has 0 bridgehead atoms. The molecule has 0 aliphatic carbocycles. The van der Waals surface area contributed by atoms with Gasteiger partial charge in [0, 0.05) is 38.8 Å². The van der Waals surface area contributed by atoms with Crippen molar-refractivity contribution < 1.29 is 9.47 Å². The molecule has 4 heteroatoms. The smallest absolute Gasteiger partial charge is 0.123 e. The summed E-state index contributed by atoms with van der Waals surface area (Å²) in [6, 6.07) is 7.94. The highest BCUT2D eigenvalue weighted by molar-refractivity contribution is 5.32. The third-order valence-corrected chi connectivity index (χ3v) is 3.87. The second-order valence-electron chi connectivity index (χ2n) is 5.45. The fourth-order valence-corrected chi connectivity index (χ4v) is 2.50. The number of likely N-dealkylation sites (N-methyl/N-ethyl adjacent to an activating group) is 1. The molecule has 0 aromatic heterocycles. The Hall–Kier alpha value is -1.26. The van der Waals surface area contributed by atoms with Gasteiger partial charge in [0.05, 0.1) is 6.61 Å². The molecule has 0 N–H and O–H groups in total. The number of benzene rings is 1. The van der Waals surface area contributed by atoms with Gasteiger partial charge in [0.2, 0.25) is 0 Å². The summed E-state index contributed by atoms with van der Waals surface area (Å²) >= 11 is 0. The van der Waals surface area contributed by atoms with Crippen molar-refractivity contribution >= 4 is 0 Å². The van der Waals surface area contributed by atoms with E-state index in [9.17, 15) is 0 Å². The lowest BCUT2D eigenvalue weighted by molar-refractivity contribution is 0.120. The molecule has 0 spiro atoms. The Kier molecular flexibility index (Phi) is 6.83. The van der Waals surface area contributed by atoms with Gasteiger partial charge in [0.15, 0.2) is 0 Å². The average Bonchev–Trinajstić information content (AvgIpc) is 2.54. The van der Waals surface area contributed by atoms with Crippen LogP contribution in [0.1, 0.15) is 20.3 Å². The summed E-state index contributed by atoms with van der Waals surface area (Å²) in [5, 5.41) is 0. The lowest BCUT2D eigenvalue weighted by atomic mass is 10.3. The SMILES string of the molecule is CCCOc1cccc(OCCN2CCN(CC)CC2)c1. The van der Waals surface area contributed by atoms with E-state index in [1.165, 1.54) is 13.1 Å². The highest BCUT2D eigenvalue weighted by Crippen LogP contribution is 2.19. The molecule has 1 aromatic rings. The van der Waals surface area contributed by atoms with Crippen molar-refractivity contribution in [2.24, 2.45) is 0 Å². The van der Waals surface area contributed by atoms with E-state index in [1.54, 1.807) is 0 Å². The van der Waals surface area contributed by atoms with Crippen molar-refractivity contribution in [2.45, 2.75) is 20.3 Å². The predicted octanol–water partition coefficient (Wildman–Crippen LogP) is 2.49. The maximum Gasteiger partial charge on any atom is 0.123 e. The molecule has 0 radical (unpaired) electrons. The lowest BCUT2D eigenvalue weighted by Crippen LogP contribution is -2.47. The third kappa shape index (κ3) is 5.56. The van der Waals surface area contributed by atoms with Gasteiger partial charge in [-0.05, 0) is 25.1 Å². The van der Waals surface area contributed by atoms with Crippen molar-refractivity contribution in [3.8, 4) is 11.5 Å². The van der Waals surface area contributed by atoms with Crippen molar-refractivity contribution in [2.75, 3.05) is 52.5 Å². The molecule has 4 nitrogen and oxygen atoms in total. The number of ether oxygens (including phenoxy) is 2. The molecule has 2 rings (SSSR count). The minimum absolute atomic E-state index is 0.739. The Morgan fingerprint density at radius 2 is 1.52 bits per heavy atom. The second kappa shape index (κ2) is 8.90. The van der Waals surface area contributed by atoms with E-state index in [4.69, 9.17) is 9.47 Å². The minimum atomic E-state index is 0.739. The lowest BCUT2D eigenvalue weighted by Gasteiger charge is -2.33. The highest BCUT2D eigenvalue weighted by atomic mass is 16.5. The van der Waals surface area contributed by atoms with Crippen LogP contribution < -0.4 is 9.47 Å². The van der Waals surface area contributed by atoms with Gasteiger partial charge in [-0.2, -0.15) is 0 Å². The molecule has 21 heavy (non-hydrogen) atoms. The molecule has 1 aliphatic heterocycles. The summed E-state index contributed by atoms with van der Waals surface area (Å²) in [6.07, 6.45) is 1.02. The molecule has 1 saturated heterocycles. The molecule has 1 aliphatic rings. The van der Waals surface area contributed by atoms with Gasteiger partial charge in [-0.15, -0.1) is 0 Å². The van der Waals surface area contributed by atoms with E-state index in [0.717, 1.165) is 57.3 Å². The first-order valence-electron chi connectivity index (χ1n) is 8.12. The van der Waals surface area contributed by atoms with E-state index < -0.39 is 0 Å². The van der Waals surface area contributed by atoms with Gasteiger partial charge in [-0.1, -0.05) is 19.9 Å². The molecular formula is C17H28N2O2. The number of hydrogen-bond acceptors (Lipinski definition) is 4. The number of nitrogens with zero attached hydrogens (tertiary/aromatic N) is 2. The van der Waals surface area contributed by atoms with E-state index in [-0.39, 0.29) is 0 Å². The molecule has 1 aromatic carbocycles. The van der Waals surface area contributed by atoms with Gasteiger partial charge < -0.3 is 14.4 Å². The summed E-state index contributed by atoms with van der Waals surface area (Å²) in [7, 11) is 0. The van der Waals surface area contributed by atoms with Crippen LogP contribution in [0.3, 0.4) is 0 Å². The first-order chi connectivity index (χ1) is 10.3. The van der Waals surface area contributed by atoms with Crippen LogP contribution in [-0.2, 0) is 0 Å². The first-order valence-corrected chi connectivity index (χ1v) is 8.12. The van der Waals surface area contributed by atoms with Crippen LogP contribution in [0, 0.1) is 0 Å². The second-order valence-corrected chi connectivity index (χ2v) is 5.45. The van der Waals surface area contributed by atoms with Crippen LogP contribution in [-0.4, -0.2) is 62.3 Å². The van der Waals surface area contributed by atoms with Crippen LogP contribution in [0.2, 0.25) is 0 Å². The average molecular weight is 292 g/mol. The standard InChI is InChI=1S/C17H28N2O2/c1-3-13-20-16-6-5-7-17(15-16)21-14-12-19-10-8-18(4-2)9-11-19/h5-7,15H,3-4,8-14H2,1-2H3. The van der Waals surface area contributed by atoms with Crippen LogP contribution in [0.15, 0.2) is 24.3 Å². The number of rotatable bonds is 8. The summed E-state index contributed by atoms with van der Waals surface area (Å²) in [6.45, 7) is 12.6. The fourth-order valence-electron chi connectivity index (χ4n) is 2.50. The Bertz CT molecular complexity index is 404. The maximum atomic E-state index is 5.85. The van der Waals surface area contributed by atoms with E-state index in [0.29, 0.717) is 0 Å². The predicted molar refractivity (Wildman–Crippen MR) is 86.3 cm³/mol. The fraction of sp³-hybridized carbons (Fsp3) is 0.647. The van der Waals surface area contributed by atoms with Gasteiger partial charge >= 0.3 is 0 Å². The van der Waals surface area contributed by atoms with Crippen molar-refractivity contribution in [1.29, 1.82) is 0 Å². The minimum Gasteiger partial charge on any atom is -0.493 e. The highest BCUT2D eigenvalue weighted by Gasteiger charge is 2.14. The van der Waals surface area contributed by atoms with E-state index >= 15 is 0 Å².